The predicted molar refractivity (Wildman–Crippen MR) is 121 cm³/mol. The van der Waals surface area contributed by atoms with Gasteiger partial charge in [-0.2, -0.15) is 0 Å². The monoisotopic (exact) mass is 408 g/mol. The molecule has 5 heteroatoms. The normalized spacial score (nSPS) is 15.1. The molecule has 1 aliphatic heterocycles. The Labute approximate surface area is 179 Å². The molecular weight excluding hydrogens is 376 g/mol. The molecule has 0 spiro atoms. The van der Waals surface area contributed by atoms with E-state index in [0.29, 0.717) is 13.0 Å². The summed E-state index contributed by atoms with van der Waals surface area (Å²) in [6, 6.07) is 18.0. The van der Waals surface area contributed by atoms with Crippen LogP contribution in [0.25, 0.3) is 6.08 Å². The van der Waals surface area contributed by atoms with Crippen molar-refractivity contribution in [2.24, 2.45) is 0 Å². The fourth-order valence-corrected chi connectivity index (χ4v) is 3.59. The van der Waals surface area contributed by atoms with Gasteiger partial charge in [0, 0.05) is 32.7 Å². The summed E-state index contributed by atoms with van der Waals surface area (Å²) in [5, 5.41) is 0. The molecular formula is C25H32N2O3. The van der Waals surface area contributed by atoms with E-state index in [1.807, 2.05) is 47.4 Å². The zero-order valence-electron chi connectivity index (χ0n) is 18.0. The number of carbonyl (C=O) groups excluding carboxylic acids is 1. The van der Waals surface area contributed by atoms with Gasteiger partial charge in [0.2, 0.25) is 5.91 Å². The van der Waals surface area contributed by atoms with Gasteiger partial charge in [-0.3, -0.25) is 9.69 Å². The molecule has 0 bridgehead atoms. The van der Waals surface area contributed by atoms with Gasteiger partial charge in [0.1, 0.15) is 5.75 Å². The zero-order valence-corrected chi connectivity index (χ0v) is 18.0. The second-order valence-electron chi connectivity index (χ2n) is 7.70. The van der Waals surface area contributed by atoms with Crippen molar-refractivity contribution in [3.05, 3.63) is 71.3 Å². The minimum Gasteiger partial charge on any atom is -0.497 e. The van der Waals surface area contributed by atoms with Gasteiger partial charge >= 0.3 is 0 Å². The van der Waals surface area contributed by atoms with Crippen LogP contribution in [0.15, 0.2) is 60.2 Å². The number of nitrogens with zero attached hydrogens (tertiary/aromatic N) is 2. The van der Waals surface area contributed by atoms with Crippen LogP contribution >= 0.6 is 0 Å². The lowest BCUT2D eigenvalue weighted by molar-refractivity contribution is -0.130. The number of ether oxygens (including phenoxy) is 2. The molecule has 2 aromatic rings. The molecule has 3 rings (SSSR count). The lowest BCUT2D eigenvalue weighted by atomic mass is 10.1. The predicted octanol–water partition coefficient (Wildman–Crippen LogP) is 3.50. The molecule has 1 aliphatic rings. The van der Waals surface area contributed by atoms with E-state index in [0.717, 1.165) is 56.3 Å². The highest BCUT2D eigenvalue weighted by Gasteiger charge is 2.17. The Morgan fingerprint density at radius 2 is 1.80 bits per heavy atom. The Kier molecular flexibility index (Phi) is 8.48. The van der Waals surface area contributed by atoms with Crippen molar-refractivity contribution >= 4 is 12.0 Å². The minimum atomic E-state index is 0.147. The van der Waals surface area contributed by atoms with Crippen LogP contribution in [0.4, 0.5) is 0 Å². The third-order valence-corrected chi connectivity index (χ3v) is 5.31. The van der Waals surface area contributed by atoms with Crippen molar-refractivity contribution in [1.29, 1.82) is 0 Å². The fourth-order valence-electron chi connectivity index (χ4n) is 3.59. The molecule has 0 atom stereocenters. The Morgan fingerprint density at radius 1 is 1.10 bits per heavy atom. The molecule has 5 nitrogen and oxygen atoms in total. The van der Waals surface area contributed by atoms with E-state index in [-0.39, 0.29) is 5.91 Å². The second-order valence-corrected chi connectivity index (χ2v) is 7.70. The summed E-state index contributed by atoms with van der Waals surface area (Å²) in [6.07, 6.45) is 2.55. The first-order valence-corrected chi connectivity index (χ1v) is 10.6. The SMILES string of the molecule is COc1ccc(CC(=O)N(CCN2CCOCC2)C/C(C)=C/c2ccccc2)cc1. The molecule has 0 saturated carbocycles. The second kappa shape index (κ2) is 11.5. The minimum absolute atomic E-state index is 0.147. The maximum absolute atomic E-state index is 13.2. The topological polar surface area (TPSA) is 42.0 Å². The molecule has 0 aliphatic carbocycles. The first-order valence-electron chi connectivity index (χ1n) is 10.6. The molecule has 0 unspecified atom stereocenters. The molecule has 2 aromatic carbocycles. The van der Waals surface area contributed by atoms with Gasteiger partial charge < -0.3 is 14.4 Å². The molecule has 0 N–H and O–H groups in total. The lowest BCUT2D eigenvalue weighted by Crippen LogP contribution is -2.44. The van der Waals surface area contributed by atoms with Gasteiger partial charge in [-0.1, -0.05) is 54.1 Å². The summed E-state index contributed by atoms with van der Waals surface area (Å²) in [7, 11) is 1.65. The number of amides is 1. The van der Waals surface area contributed by atoms with Crippen LogP contribution in [-0.2, 0) is 16.0 Å². The van der Waals surface area contributed by atoms with Gasteiger partial charge in [-0.05, 0) is 30.2 Å². The third-order valence-electron chi connectivity index (χ3n) is 5.31. The first-order chi connectivity index (χ1) is 14.6. The van der Waals surface area contributed by atoms with E-state index >= 15 is 0 Å². The van der Waals surface area contributed by atoms with Crippen molar-refractivity contribution in [1.82, 2.24) is 9.80 Å². The largest absolute Gasteiger partial charge is 0.497 e. The Hall–Kier alpha value is -2.63. The number of hydrogen-bond acceptors (Lipinski definition) is 4. The van der Waals surface area contributed by atoms with Gasteiger partial charge in [-0.25, -0.2) is 0 Å². The van der Waals surface area contributed by atoms with E-state index in [2.05, 4.69) is 30.0 Å². The molecule has 1 heterocycles. The van der Waals surface area contributed by atoms with Crippen molar-refractivity contribution in [3.63, 3.8) is 0 Å². The molecule has 1 amide bonds. The smallest absolute Gasteiger partial charge is 0.227 e. The summed E-state index contributed by atoms with van der Waals surface area (Å²) in [5.41, 5.74) is 3.33. The Bertz CT molecular complexity index is 812. The third kappa shape index (κ3) is 7.01. The molecule has 1 fully saturated rings. The standard InChI is InChI=1S/C25H32N2O3/c1-21(18-22-6-4-3-5-7-22)20-27(13-12-26-14-16-30-17-15-26)25(28)19-23-8-10-24(29-2)11-9-23/h3-11,18H,12-17,19-20H2,1-2H3/b21-18+. The van der Waals surface area contributed by atoms with Crippen LogP contribution in [-0.4, -0.2) is 68.8 Å². The number of morpholine rings is 1. The van der Waals surface area contributed by atoms with E-state index < -0.39 is 0 Å². The maximum atomic E-state index is 13.2. The highest BCUT2D eigenvalue weighted by molar-refractivity contribution is 5.79. The van der Waals surface area contributed by atoms with Crippen molar-refractivity contribution in [2.45, 2.75) is 13.3 Å². The van der Waals surface area contributed by atoms with Gasteiger partial charge in [0.05, 0.1) is 26.7 Å². The average molecular weight is 409 g/mol. The highest BCUT2D eigenvalue weighted by atomic mass is 16.5. The first kappa shape index (κ1) is 22.1. The van der Waals surface area contributed by atoms with Crippen LogP contribution in [0.3, 0.4) is 0 Å². The molecule has 0 aromatic heterocycles. The number of carbonyl (C=O) groups is 1. The average Bonchev–Trinajstić information content (AvgIpc) is 2.78. The zero-order chi connectivity index (χ0) is 21.2. The van der Waals surface area contributed by atoms with Gasteiger partial charge in [0.25, 0.3) is 0 Å². The molecule has 0 radical (unpaired) electrons. The van der Waals surface area contributed by atoms with Crippen molar-refractivity contribution in [3.8, 4) is 5.75 Å². The summed E-state index contributed by atoms with van der Waals surface area (Å²) in [5.74, 6) is 0.950. The van der Waals surface area contributed by atoms with Crippen molar-refractivity contribution in [2.75, 3.05) is 53.0 Å². The van der Waals surface area contributed by atoms with Gasteiger partial charge in [0.15, 0.2) is 0 Å². The number of benzene rings is 2. The number of hydrogen-bond donors (Lipinski definition) is 0. The molecule has 30 heavy (non-hydrogen) atoms. The van der Waals surface area contributed by atoms with E-state index in [1.165, 1.54) is 5.57 Å². The van der Waals surface area contributed by atoms with E-state index in [4.69, 9.17) is 9.47 Å². The number of rotatable bonds is 9. The van der Waals surface area contributed by atoms with Crippen LogP contribution in [0, 0.1) is 0 Å². The summed E-state index contributed by atoms with van der Waals surface area (Å²) < 4.78 is 10.7. The lowest BCUT2D eigenvalue weighted by Gasteiger charge is -2.30. The summed E-state index contributed by atoms with van der Waals surface area (Å²) in [6.45, 7) is 7.72. The van der Waals surface area contributed by atoms with Crippen LogP contribution in [0.1, 0.15) is 18.1 Å². The maximum Gasteiger partial charge on any atom is 0.227 e. The van der Waals surface area contributed by atoms with E-state index in [1.54, 1.807) is 7.11 Å². The summed E-state index contributed by atoms with van der Waals surface area (Å²) >= 11 is 0. The van der Waals surface area contributed by atoms with Crippen molar-refractivity contribution < 1.29 is 14.3 Å². The number of methoxy groups -OCH3 is 1. The Balaban J connectivity index is 1.66. The van der Waals surface area contributed by atoms with Crippen LogP contribution < -0.4 is 4.74 Å². The fraction of sp³-hybridized carbons (Fsp3) is 0.400. The van der Waals surface area contributed by atoms with Crippen LogP contribution in [0.2, 0.25) is 0 Å². The Morgan fingerprint density at radius 3 is 2.47 bits per heavy atom. The molecule has 160 valence electrons. The quantitative estimate of drug-likeness (QED) is 0.637. The van der Waals surface area contributed by atoms with Crippen LogP contribution in [0.5, 0.6) is 5.75 Å². The van der Waals surface area contributed by atoms with E-state index in [9.17, 15) is 4.79 Å². The highest BCUT2D eigenvalue weighted by Crippen LogP contribution is 2.14. The van der Waals surface area contributed by atoms with Gasteiger partial charge in [-0.15, -0.1) is 0 Å². The summed E-state index contributed by atoms with van der Waals surface area (Å²) in [4.78, 5) is 17.5. The molecule has 1 saturated heterocycles.